The smallest absolute Gasteiger partial charge is 0.119 e. The summed E-state index contributed by atoms with van der Waals surface area (Å²) in [7, 11) is 3.86. The van der Waals surface area contributed by atoms with Crippen LogP contribution in [0.25, 0.3) is 10.8 Å². The molecule has 96 valence electrons. The zero-order valence-electron chi connectivity index (χ0n) is 11.4. The second-order valence-corrected chi connectivity index (χ2v) is 4.69. The van der Waals surface area contributed by atoms with E-state index >= 15 is 0 Å². The molecule has 2 aromatic carbocycles. The Morgan fingerprint density at radius 2 is 1.78 bits per heavy atom. The topological polar surface area (TPSA) is 12.5 Å². The summed E-state index contributed by atoms with van der Waals surface area (Å²) in [6.45, 7) is 4.40. The molecule has 18 heavy (non-hydrogen) atoms. The molecule has 2 heteroatoms. The van der Waals surface area contributed by atoms with Crippen molar-refractivity contribution in [2.45, 2.75) is 13.3 Å². The Kier molecular flexibility index (Phi) is 4.21. The molecule has 0 bridgehead atoms. The first kappa shape index (κ1) is 12.9. The van der Waals surface area contributed by atoms with Crippen molar-refractivity contribution in [2.75, 3.05) is 27.2 Å². The first-order valence-corrected chi connectivity index (χ1v) is 6.48. The maximum absolute atomic E-state index is 5.24. The molecule has 0 saturated heterocycles. The van der Waals surface area contributed by atoms with Crippen LogP contribution < -0.4 is 4.74 Å². The van der Waals surface area contributed by atoms with Crippen molar-refractivity contribution in [3.8, 4) is 5.75 Å². The van der Waals surface area contributed by atoms with Crippen molar-refractivity contribution in [3.05, 3.63) is 42.0 Å². The molecule has 0 saturated carbocycles. The van der Waals surface area contributed by atoms with E-state index in [4.69, 9.17) is 4.74 Å². The molecule has 0 heterocycles. The Hall–Kier alpha value is -1.54. The Labute approximate surface area is 109 Å². The van der Waals surface area contributed by atoms with Crippen LogP contribution >= 0.6 is 0 Å². The van der Waals surface area contributed by atoms with Crippen molar-refractivity contribution in [1.82, 2.24) is 4.90 Å². The predicted molar refractivity (Wildman–Crippen MR) is 77.4 cm³/mol. The largest absolute Gasteiger partial charge is 0.497 e. The van der Waals surface area contributed by atoms with Gasteiger partial charge in [-0.1, -0.05) is 31.2 Å². The number of rotatable bonds is 5. The van der Waals surface area contributed by atoms with Gasteiger partial charge in [0.1, 0.15) is 5.75 Å². The van der Waals surface area contributed by atoms with Crippen molar-refractivity contribution in [2.24, 2.45) is 0 Å². The fourth-order valence-corrected chi connectivity index (χ4v) is 2.03. The first-order valence-electron chi connectivity index (χ1n) is 6.48. The lowest BCUT2D eigenvalue weighted by atomic mass is 10.0. The van der Waals surface area contributed by atoms with E-state index in [1.54, 1.807) is 7.11 Å². The van der Waals surface area contributed by atoms with Gasteiger partial charge < -0.3 is 9.64 Å². The zero-order chi connectivity index (χ0) is 13.0. The first-order chi connectivity index (χ1) is 8.72. The lowest BCUT2D eigenvalue weighted by Gasteiger charge is -2.13. The minimum absolute atomic E-state index is 0.918. The monoisotopic (exact) mass is 243 g/mol. The highest BCUT2D eigenvalue weighted by Gasteiger charge is 2.00. The number of likely N-dealkylation sites (N-methyl/N-ethyl adjacent to an activating group) is 1. The van der Waals surface area contributed by atoms with Gasteiger partial charge in [0.15, 0.2) is 0 Å². The predicted octanol–water partition coefficient (Wildman–Crippen LogP) is 3.34. The maximum Gasteiger partial charge on any atom is 0.119 e. The Morgan fingerprint density at radius 1 is 1.06 bits per heavy atom. The van der Waals surface area contributed by atoms with Gasteiger partial charge in [-0.15, -0.1) is 0 Å². The van der Waals surface area contributed by atoms with Gasteiger partial charge in [-0.25, -0.2) is 0 Å². The van der Waals surface area contributed by atoms with Gasteiger partial charge in [-0.2, -0.15) is 0 Å². The number of ether oxygens (including phenoxy) is 1. The lowest BCUT2D eigenvalue weighted by molar-refractivity contribution is 0.357. The Balaban J connectivity index is 2.17. The van der Waals surface area contributed by atoms with Gasteiger partial charge in [0.25, 0.3) is 0 Å². The highest BCUT2D eigenvalue weighted by Crippen LogP contribution is 2.22. The molecule has 0 spiro atoms. The van der Waals surface area contributed by atoms with Crippen molar-refractivity contribution >= 4 is 10.8 Å². The number of hydrogen-bond donors (Lipinski definition) is 0. The fraction of sp³-hybridized carbons (Fsp3) is 0.375. The van der Waals surface area contributed by atoms with E-state index in [-0.39, 0.29) is 0 Å². The zero-order valence-corrected chi connectivity index (χ0v) is 11.4. The quantitative estimate of drug-likeness (QED) is 0.798. The summed E-state index contributed by atoms with van der Waals surface area (Å²) >= 11 is 0. The van der Waals surface area contributed by atoms with E-state index in [2.05, 4.69) is 49.2 Å². The van der Waals surface area contributed by atoms with Crippen LogP contribution in [0.15, 0.2) is 36.4 Å². The van der Waals surface area contributed by atoms with Gasteiger partial charge in [0.2, 0.25) is 0 Å². The molecule has 0 N–H and O–H groups in total. The van der Waals surface area contributed by atoms with E-state index in [9.17, 15) is 0 Å². The molecule has 0 amide bonds. The van der Waals surface area contributed by atoms with Crippen LogP contribution in [0.2, 0.25) is 0 Å². The molecule has 0 aliphatic rings. The molecule has 2 rings (SSSR count). The van der Waals surface area contributed by atoms with Crippen molar-refractivity contribution in [3.63, 3.8) is 0 Å². The summed E-state index contributed by atoms with van der Waals surface area (Å²) in [5, 5.41) is 2.52. The lowest BCUT2D eigenvalue weighted by Crippen LogP contribution is -2.20. The minimum atomic E-state index is 0.918. The third kappa shape index (κ3) is 3.02. The van der Waals surface area contributed by atoms with Gasteiger partial charge >= 0.3 is 0 Å². The van der Waals surface area contributed by atoms with Crippen molar-refractivity contribution < 1.29 is 4.74 Å². The van der Waals surface area contributed by atoms with Crippen LogP contribution in [0.4, 0.5) is 0 Å². The molecule has 2 aromatic rings. The molecule has 0 fully saturated rings. The Morgan fingerprint density at radius 3 is 2.50 bits per heavy atom. The molecule has 0 radical (unpaired) electrons. The van der Waals surface area contributed by atoms with E-state index in [0.717, 1.165) is 25.3 Å². The highest BCUT2D eigenvalue weighted by atomic mass is 16.5. The number of fused-ring (bicyclic) bond motifs is 1. The molecule has 0 aliphatic heterocycles. The van der Waals surface area contributed by atoms with E-state index in [0.29, 0.717) is 0 Å². The molecule has 0 aromatic heterocycles. The molecule has 0 unspecified atom stereocenters. The normalized spacial score (nSPS) is 11.1. The summed E-state index contributed by atoms with van der Waals surface area (Å²) in [6.07, 6.45) is 1.10. The number of hydrogen-bond acceptors (Lipinski definition) is 2. The highest BCUT2D eigenvalue weighted by molar-refractivity contribution is 5.84. The van der Waals surface area contributed by atoms with Crippen LogP contribution in [0.3, 0.4) is 0 Å². The standard InChI is InChI=1S/C16H21NO/c1-4-17(2)10-9-13-5-6-15-12-16(18-3)8-7-14(15)11-13/h5-8,11-12H,4,9-10H2,1-3H3. The molecule has 2 nitrogen and oxygen atoms in total. The van der Waals surface area contributed by atoms with Crippen molar-refractivity contribution in [1.29, 1.82) is 0 Å². The molecular weight excluding hydrogens is 222 g/mol. The summed E-state index contributed by atoms with van der Waals surface area (Å²) < 4.78 is 5.24. The van der Waals surface area contributed by atoms with Crippen LogP contribution in [-0.4, -0.2) is 32.1 Å². The SMILES string of the molecule is CCN(C)CCc1ccc2cc(OC)ccc2c1. The van der Waals surface area contributed by atoms with Crippen LogP contribution in [0.1, 0.15) is 12.5 Å². The molecular formula is C16H21NO. The summed E-state index contributed by atoms with van der Waals surface area (Å²) in [5.41, 5.74) is 1.40. The molecule has 0 atom stereocenters. The second-order valence-electron chi connectivity index (χ2n) is 4.69. The van der Waals surface area contributed by atoms with Gasteiger partial charge in [-0.05, 0) is 48.5 Å². The molecule has 0 aliphatic carbocycles. The van der Waals surface area contributed by atoms with Gasteiger partial charge in [0, 0.05) is 6.54 Å². The second kappa shape index (κ2) is 5.87. The fourth-order valence-electron chi connectivity index (χ4n) is 2.03. The van der Waals surface area contributed by atoms with Crippen LogP contribution in [-0.2, 0) is 6.42 Å². The number of benzene rings is 2. The maximum atomic E-state index is 5.24. The van der Waals surface area contributed by atoms with Gasteiger partial charge in [-0.3, -0.25) is 0 Å². The number of methoxy groups -OCH3 is 1. The third-order valence-electron chi connectivity index (χ3n) is 3.43. The van der Waals surface area contributed by atoms with E-state index in [1.165, 1.54) is 16.3 Å². The third-order valence-corrected chi connectivity index (χ3v) is 3.43. The summed E-state index contributed by atoms with van der Waals surface area (Å²) in [5.74, 6) is 0.918. The van der Waals surface area contributed by atoms with Crippen LogP contribution in [0.5, 0.6) is 5.75 Å². The Bertz CT molecular complexity index is 521. The average molecular weight is 243 g/mol. The van der Waals surface area contributed by atoms with E-state index in [1.807, 2.05) is 6.07 Å². The summed E-state index contributed by atoms with van der Waals surface area (Å²) in [4.78, 5) is 2.33. The number of nitrogens with zero attached hydrogens (tertiary/aromatic N) is 1. The minimum Gasteiger partial charge on any atom is -0.497 e. The van der Waals surface area contributed by atoms with Gasteiger partial charge in [0.05, 0.1) is 7.11 Å². The summed E-state index contributed by atoms with van der Waals surface area (Å²) in [6, 6.07) is 12.9. The van der Waals surface area contributed by atoms with E-state index < -0.39 is 0 Å². The average Bonchev–Trinajstić information content (AvgIpc) is 2.43. The van der Waals surface area contributed by atoms with Crippen LogP contribution in [0, 0.1) is 0 Å².